The fraction of sp³-hybridized carbons (Fsp3) is 0.357. The average Bonchev–Trinajstić information content (AvgIpc) is 3.49. The topological polar surface area (TPSA) is 126 Å². The number of fused-ring (bicyclic) bond motifs is 1. The van der Waals surface area contributed by atoms with Crippen molar-refractivity contribution in [1.82, 2.24) is 20.1 Å². The molecule has 1 aromatic carbocycles. The van der Waals surface area contributed by atoms with Gasteiger partial charge in [0.25, 0.3) is 5.91 Å². The molecule has 2 fully saturated rings. The van der Waals surface area contributed by atoms with Gasteiger partial charge in [-0.3, -0.25) is 19.7 Å². The van der Waals surface area contributed by atoms with Gasteiger partial charge in [-0.1, -0.05) is 24.1 Å². The standard InChI is InChI=1S/C19H15ClFN5O.C9H15NO2/c1-23-19-17(18(22)27)14(25-26-19)5-4-10-6-15-11(7-12(10)20)16(9-2-3-9)13(21)8-24-15;1-3-9(11)10-6-4-5-8(10)7-12-2/h6-9H,2-3H2,1H3,(H2,22,27)(H2,23,25,26);3,8H,1,4-7H2,2H3. The maximum atomic E-state index is 14.2. The van der Waals surface area contributed by atoms with Gasteiger partial charge in [0.15, 0.2) is 5.82 Å². The summed E-state index contributed by atoms with van der Waals surface area (Å²) < 4.78 is 19.2. The Morgan fingerprint density at radius 1 is 1.36 bits per heavy atom. The van der Waals surface area contributed by atoms with E-state index in [-0.39, 0.29) is 34.9 Å². The van der Waals surface area contributed by atoms with E-state index in [2.05, 4.69) is 38.9 Å². The Kier molecular flexibility index (Phi) is 8.84. The number of pyridine rings is 1. The molecule has 3 heterocycles. The number of H-pyrrole nitrogens is 1. The first-order valence-electron chi connectivity index (χ1n) is 12.6. The van der Waals surface area contributed by atoms with Crippen LogP contribution < -0.4 is 11.1 Å². The number of anilines is 1. The number of hydrogen-bond acceptors (Lipinski definition) is 6. The minimum Gasteiger partial charge on any atom is -0.383 e. The van der Waals surface area contributed by atoms with Crippen LogP contribution >= 0.6 is 11.6 Å². The molecule has 2 amide bonds. The quantitative estimate of drug-likeness (QED) is 0.314. The van der Waals surface area contributed by atoms with Crippen molar-refractivity contribution < 1.29 is 18.7 Å². The van der Waals surface area contributed by atoms with Crippen LogP contribution in [0.5, 0.6) is 0 Å². The minimum absolute atomic E-state index is 0.0227. The summed E-state index contributed by atoms with van der Waals surface area (Å²) in [5.74, 6) is 5.37. The zero-order valence-corrected chi connectivity index (χ0v) is 22.6. The van der Waals surface area contributed by atoms with Crippen LogP contribution in [0.15, 0.2) is 31.0 Å². The molecule has 1 atom stereocenters. The summed E-state index contributed by atoms with van der Waals surface area (Å²) in [6.07, 6.45) is 6.67. The molecule has 1 saturated heterocycles. The first-order valence-corrected chi connectivity index (χ1v) is 12.9. The van der Waals surface area contributed by atoms with E-state index in [9.17, 15) is 14.0 Å². The summed E-state index contributed by atoms with van der Waals surface area (Å²) in [4.78, 5) is 28.9. The molecule has 0 radical (unpaired) electrons. The lowest BCUT2D eigenvalue weighted by molar-refractivity contribution is -0.127. The molecule has 1 aliphatic carbocycles. The highest BCUT2D eigenvalue weighted by Crippen LogP contribution is 2.44. The van der Waals surface area contributed by atoms with E-state index in [1.165, 1.54) is 12.3 Å². The van der Waals surface area contributed by atoms with Crippen molar-refractivity contribution in [2.75, 3.05) is 32.6 Å². The number of hydrogen-bond donors (Lipinski definition) is 3. The molecular weight excluding hydrogens is 523 g/mol. The Balaban J connectivity index is 0.000000247. The Morgan fingerprint density at radius 2 is 2.13 bits per heavy atom. The Labute approximate surface area is 230 Å². The van der Waals surface area contributed by atoms with E-state index >= 15 is 0 Å². The normalized spacial score (nSPS) is 16.2. The van der Waals surface area contributed by atoms with Gasteiger partial charge >= 0.3 is 0 Å². The predicted molar refractivity (Wildman–Crippen MR) is 148 cm³/mol. The van der Waals surface area contributed by atoms with E-state index in [0.29, 0.717) is 39.5 Å². The number of primary amides is 1. The van der Waals surface area contributed by atoms with Crippen LogP contribution in [-0.4, -0.2) is 65.2 Å². The first kappa shape index (κ1) is 28.1. The molecule has 5 rings (SSSR count). The highest BCUT2D eigenvalue weighted by molar-refractivity contribution is 6.32. The van der Waals surface area contributed by atoms with Gasteiger partial charge in [0.2, 0.25) is 5.91 Å². The van der Waals surface area contributed by atoms with Crippen molar-refractivity contribution in [3.05, 3.63) is 64.2 Å². The molecule has 1 saturated carbocycles. The number of carbonyl (C=O) groups is 2. The SMILES string of the molecule is C=CC(=O)N1CCCC1COC.CNc1n[nH]c(C#Cc2cc3ncc(F)c(C4CC4)c3cc2Cl)c1C(N)=O. The number of nitrogens with two attached hydrogens (primary N) is 1. The molecule has 1 unspecified atom stereocenters. The Bertz CT molecular complexity index is 1470. The van der Waals surface area contributed by atoms with E-state index < -0.39 is 5.91 Å². The number of amides is 2. The second-order valence-electron chi connectivity index (χ2n) is 9.32. The molecule has 3 aromatic rings. The maximum Gasteiger partial charge on any atom is 0.255 e. The second kappa shape index (κ2) is 12.3. The lowest BCUT2D eigenvalue weighted by atomic mass is 10.0. The summed E-state index contributed by atoms with van der Waals surface area (Å²) in [5, 5.41) is 10.5. The molecule has 9 nitrogen and oxygen atoms in total. The van der Waals surface area contributed by atoms with Crippen LogP contribution in [0.4, 0.5) is 10.2 Å². The van der Waals surface area contributed by atoms with Gasteiger partial charge in [-0.05, 0) is 55.7 Å². The third-order valence-corrected chi connectivity index (χ3v) is 7.01. The van der Waals surface area contributed by atoms with Crippen molar-refractivity contribution in [3.63, 3.8) is 0 Å². The van der Waals surface area contributed by atoms with Crippen LogP contribution in [0.3, 0.4) is 0 Å². The third kappa shape index (κ3) is 6.21. The fourth-order valence-electron chi connectivity index (χ4n) is 4.68. The van der Waals surface area contributed by atoms with Gasteiger partial charge in [-0.15, -0.1) is 0 Å². The number of nitrogens with zero attached hydrogens (tertiary/aromatic N) is 3. The van der Waals surface area contributed by atoms with Crippen LogP contribution in [-0.2, 0) is 9.53 Å². The van der Waals surface area contributed by atoms with Crippen LogP contribution in [0.25, 0.3) is 10.9 Å². The lowest BCUT2D eigenvalue weighted by Gasteiger charge is -2.22. The van der Waals surface area contributed by atoms with Gasteiger partial charge in [-0.25, -0.2) is 4.39 Å². The first-order chi connectivity index (χ1) is 18.8. The van der Waals surface area contributed by atoms with Gasteiger partial charge in [0.05, 0.1) is 29.4 Å². The summed E-state index contributed by atoms with van der Waals surface area (Å²) >= 11 is 6.37. The summed E-state index contributed by atoms with van der Waals surface area (Å²) in [5.41, 5.74) is 7.67. The number of nitrogens with one attached hydrogen (secondary N) is 2. The highest BCUT2D eigenvalue weighted by atomic mass is 35.5. The van der Waals surface area contributed by atoms with Gasteiger partial charge < -0.3 is 20.7 Å². The lowest BCUT2D eigenvalue weighted by Crippen LogP contribution is -2.36. The van der Waals surface area contributed by atoms with Crippen LogP contribution in [0, 0.1) is 17.7 Å². The summed E-state index contributed by atoms with van der Waals surface area (Å²) in [7, 11) is 3.29. The average molecular weight is 553 g/mol. The molecule has 2 aliphatic rings. The number of benzene rings is 1. The fourth-order valence-corrected chi connectivity index (χ4v) is 4.89. The smallest absolute Gasteiger partial charge is 0.255 e. The predicted octanol–water partition coefficient (Wildman–Crippen LogP) is 3.98. The molecule has 39 heavy (non-hydrogen) atoms. The van der Waals surface area contributed by atoms with E-state index in [0.717, 1.165) is 32.2 Å². The second-order valence-corrected chi connectivity index (χ2v) is 9.72. The number of halogens is 2. The maximum absolute atomic E-state index is 14.2. The number of aromatic amines is 1. The van der Waals surface area contributed by atoms with Gasteiger partial charge in [0, 0.05) is 37.2 Å². The number of carbonyl (C=O) groups excluding carboxylic acids is 2. The minimum atomic E-state index is -0.645. The molecule has 2 aromatic heterocycles. The molecule has 4 N–H and O–H groups in total. The third-order valence-electron chi connectivity index (χ3n) is 6.70. The largest absolute Gasteiger partial charge is 0.383 e. The van der Waals surface area contributed by atoms with Crippen molar-refractivity contribution >= 4 is 40.1 Å². The van der Waals surface area contributed by atoms with Gasteiger partial charge in [-0.2, -0.15) is 5.10 Å². The van der Waals surface area contributed by atoms with Gasteiger partial charge in [0.1, 0.15) is 17.1 Å². The van der Waals surface area contributed by atoms with E-state index in [1.807, 2.05) is 4.90 Å². The molecule has 0 bridgehead atoms. The van der Waals surface area contributed by atoms with Crippen molar-refractivity contribution in [2.45, 2.75) is 37.6 Å². The number of aromatic nitrogens is 3. The van der Waals surface area contributed by atoms with E-state index in [4.69, 9.17) is 22.1 Å². The molecule has 1 aliphatic heterocycles. The summed E-state index contributed by atoms with van der Waals surface area (Å²) in [6.45, 7) is 4.95. The molecular formula is C28H30ClFN6O3. The van der Waals surface area contributed by atoms with E-state index in [1.54, 1.807) is 26.3 Å². The molecule has 11 heteroatoms. The zero-order chi connectivity index (χ0) is 28.1. The number of rotatable bonds is 6. The number of likely N-dealkylation sites (tertiary alicyclic amines) is 1. The zero-order valence-electron chi connectivity index (χ0n) is 21.8. The molecule has 204 valence electrons. The Hall–Kier alpha value is -3.94. The van der Waals surface area contributed by atoms with Crippen LogP contribution in [0.2, 0.25) is 5.02 Å². The summed E-state index contributed by atoms with van der Waals surface area (Å²) in [6, 6.07) is 3.68. The molecule has 0 spiro atoms. The van der Waals surface area contributed by atoms with Crippen molar-refractivity contribution in [1.29, 1.82) is 0 Å². The highest BCUT2D eigenvalue weighted by Gasteiger charge is 2.29. The Morgan fingerprint density at radius 3 is 2.77 bits per heavy atom. The monoisotopic (exact) mass is 552 g/mol. The number of ether oxygens (including phenoxy) is 1. The van der Waals surface area contributed by atoms with Crippen molar-refractivity contribution in [2.24, 2.45) is 5.73 Å². The van der Waals surface area contributed by atoms with Crippen molar-refractivity contribution in [3.8, 4) is 11.8 Å². The number of methoxy groups -OCH3 is 1. The van der Waals surface area contributed by atoms with Crippen LogP contribution in [0.1, 0.15) is 58.8 Å².